The van der Waals surface area contributed by atoms with E-state index >= 15 is 0 Å². The van der Waals surface area contributed by atoms with Gasteiger partial charge < -0.3 is 4.74 Å². The lowest BCUT2D eigenvalue weighted by Crippen LogP contribution is -2.30. The largest absolute Gasteiger partial charge is 0.495 e. The number of methoxy groups -OCH3 is 1. The van der Waals surface area contributed by atoms with Crippen LogP contribution < -0.4 is 9.64 Å². The van der Waals surface area contributed by atoms with Gasteiger partial charge in [0.05, 0.1) is 17.8 Å². The van der Waals surface area contributed by atoms with E-state index in [4.69, 9.17) is 16.3 Å². The number of halogens is 1. The van der Waals surface area contributed by atoms with E-state index < -0.39 is 0 Å². The van der Waals surface area contributed by atoms with E-state index in [1.165, 1.54) is 11.8 Å². The Hall–Kier alpha value is -1.76. The van der Waals surface area contributed by atoms with Crippen LogP contribution in [0.3, 0.4) is 0 Å². The second-order valence-corrected chi connectivity index (χ2v) is 7.29. The SMILES string of the molecule is CCSC1=N/C(=C\c2ccsc2)C(=O)N1c1ccc(OC)c(Cl)c1. The van der Waals surface area contributed by atoms with Gasteiger partial charge in [-0.25, -0.2) is 4.99 Å². The van der Waals surface area contributed by atoms with E-state index in [0.717, 1.165) is 11.3 Å². The standard InChI is InChI=1S/C17H15ClN2O2S2/c1-3-24-17-19-14(8-11-6-7-23-10-11)16(21)20(17)12-4-5-15(22-2)13(18)9-12/h4-10H,3H2,1-2H3/b14-8-. The molecule has 0 saturated heterocycles. The van der Waals surface area contributed by atoms with Crippen LogP contribution >= 0.6 is 34.7 Å². The third kappa shape index (κ3) is 3.36. The van der Waals surface area contributed by atoms with Crippen LogP contribution in [-0.2, 0) is 4.79 Å². The number of aliphatic imine (C=N–C) groups is 1. The van der Waals surface area contributed by atoms with Gasteiger partial charge in [-0.15, -0.1) is 0 Å². The maximum Gasteiger partial charge on any atom is 0.283 e. The molecule has 0 atom stereocenters. The summed E-state index contributed by atoms with van der Waals surface area (Å²) >= 11 is 9.31. The zero-order valence-corrected chi connectivity index (χ0v) is 15.5. The maximum absolute atomic E-state index is 12.8. The van der Waals surface area contributed by atoms with Crippen molar-refractivity contribution in [3.8, 4) is 5.75 Å². The molecule has 1 aromatic carbocycles. The first-order valence-corrected chi connectivity index (χ1v) is 9.58. The lowest BCUT2D eigenvalue weighted by molar-refractivity contribution is -0.113. The first-order chi connectivity index (χ1) is 11.6. The van der Waals surface area contributed by atoms with Gasteiger partial charge in [0.15, 0.2) is 5.17 Å². The number of amidine groups is 1. The van der Waals surface area contributed by atoms with Crippen molar-refractivity contribution in [2.45, 2.75) is 6.92 Å². The summed E-state index contributed by atoms with van der Waals surface area (Å²) in [5.41, 5.74) is 2.08. The van der Waals surface area contributed by atoms with Gasteiger partial charge in [0.2, 0.25) is 0 Å². The first kappa shape index (κ1) is 17.1. The number of thioether (sulfide) groups is 1. The van der Waals surface area contributed by atoms with Crippen LogP contribution in [0, 0.1) is 0 Å². The number of ether oxygens (including phenoxy) is 1. The fourth-order valence-electron chi connectivity index (χ4n) is 2.26. The summed E-state index contributed by atoms with van der Waals surface area (Å²) in [6.45, 7) is 2.03. The highest BCUT2D eigenvalue weighted by Gasteiger charge is 2.32. The molecule has 1 amide bonds. The minimum atomic E-state index is -0.154. The van der Waals surface area contributed by atoms with E-state index in [0.29, 0.717) is 27.3 Å². The summed E-state index contributed by atoms with van der Waals surface area (Å²) in [4.78, 5) is 18.9. The molecule has 1 aromatic heterocycles. The van der Waals surface area contributed by atoms with E-state index in [1.807, 2.05) is 29.8 Å². The number of benzene rings is 1. The molecule has 0 unspecified atom stereocenters. The van der Waals surface area contributed by atoms with Crippen LogP contribution in [0.2, 0.25) is 5.02 Å². The van der Waals surface area contributed by atoms with Crippen LogP contribution in [0.4, 0.5) is 5.69 Å². The quantitative estimate of drug-likeness (QED) is 0.710. The Morgan fingerprint density at radius 3 is 2.88 bits per heavy atom. The van der Waals surface area contributed by atoms with Crippen molar-refractivity contribution in [1.29, 1.82) is 0 Å². The van der Waals surface area contributed by atoms with Crippen molar-refractivity contribution in [2.75, 3.05) is 17.8 Å². The fourth-order valence-corrected chi connectivity index (χ4v) is 3.87. The zero-order valence-electron chi connectivity index (χ0n) is 13.2. The van der Waals surface area contributed by atoms with Gasteiger partial charge in [0.25, 0.3) is 5.91 Å². The summed E-state index contributed by atoms with van der Waals surface area (Å²) in [7, 11) is 1.56. The molecule has 24 heavy (non-hydrogen) atoms. The zero-order chi connectivity index (χ0) is 17.1. The molecule has 2 heterocycles. The molecule has 4 nitrogen and oxygen atoms in total. The Kier molecular flexibility index (Phi) is 5.28. The lowest BCUT2D eigenvalue weighted by Gasteiger charge is -2.18. The van der Waals surface area contributed by atoms with Gasteiger partial charge in [0.1, 0.15) is 11.4 Å². The molecule has 0 bridgehead atoms. The topological polar surface area (TPSA) is 41.9 Å². The summed E-state index contributed by atoms with van der Waals surface area (Å²) in [5.74, 6) is 1.24. The second-order valence-electron chi connectivity index (χ2n) is 4.87. The number of rotatable bonds is 4. The molecule has 2 aromatic rings. The highest BCUT2D eigenvalue weighted by atomic mass is 35.5. The number of nitrogens with zero attached hydrogens (tertiary/aromatic N) is 2. The Labute approximate surface area is 153 Å². The van der Waals surface area contributed by atoms with Crippen molar-refractivity contribution < 1.29 is 9.53 Å². The van der Waals surface area contributed by atoms with E-state index in [2.05, 4.69) is 4.99 Å². The van der Waals surface area contributed by atoms with Crippen LogP contribution in [0.5, 0.6) is 5.75 Å². The number of thiophene rings is 1. The predicted molar refractivity (Wildman–Crippen MR) is 103 cm³/mol. The van der Waals surface area contributed by atoms with Crippen LogP contribution in [-0.4, -0.2) is 23.9 Å². The third-order valence-electron chi connectivity index (χ3n) is 3.34. The van der Waals surface area contributed by atoms with Crippen LogP contribution in [0.1, 0.15) is 12.5 Å². The fraction of sp³-hybridized carbons (Fsp3) is 0.176. The molecule has 0 fully saturated rings. The summed E-state index contributed by atoms with van der Waals surface area (Å²) in [6, 6.07) is 7.24. The number of hydrogen-bond acceptors (Lipinski definition) is 5. The van der Waals surface area contributed by atoms with Crippen molar-refractivity contribution in [1.82, 2.24) is 0 Å². The second kappa shape index (κ2) is 7.42. The molecule has 0 saturated carbocycles. The number of hydrogen-bond donors (Lipinski definition) is 0. The van der Waals surface area contributed by atoms with E-state index in [1.54, 1.807) is 41.6 Å². The van der Waals surface area contributed by atoms with Gasteiger partial charge in [-0.05, 0) is 52.4 Å². The molecule has 1 aliphatic rings. The third-order valence-corrected chi connectivity index (χ3v) is 5.16. The normalized spacial score (nSPS) is 16.0. The highest BCUT2D eigenvalue weighted by Crippen LogP contribution is 2.34. The smallest absolute Gasteiger partial charge is 0.283 e. The maximum atomic E-state index is 12.8. The van der Waals surface area contributed by atoms with Crippen molar-refractivity contribution in [3.63, 3.8) is 0 Å². The van der Waals surface area contributed by atoms with Gasteiger partial charge >= 0.3 is 0 Å². The minimum absolute atomic E-state index is 0.154. The molecule has 0 radical (unpaired) electrons. The number of anilines is 1. The van der Waals surface area contributed by atoms with Gasteiger partial charge in [0, 0.05) is 0 Å². The van der Waals surface area contributed by atoms with Gasteiger partial charge in [-0.3, -0.25) is 9.69 Å². The van der Waals surface area contributed by atoms with Crippen molar-refractivity contribution in [3.05, 3.63) is 51.3 Å². The minimum Gasteiger partial charge on any atom is -0.495 e. The molecular formula is C17H15ClN2O2S2. The Bertz CT molecular complexity index is 816. The lowest BCUT2D eigenvalue weighted by atomic mass is 10.2. The molecule has 0 aliphatic carbocycles. The average Bonchev–Trinajstić information content (AvgIpc) is 3.17. The van der Waals surface area contributed by atoms with Gasteiger partial charge in [-0.1, -0.05) is 30.3 Å². The monoisotopic (exact) mass is 378 g/mol. The number of amides is 1. The van der Waals surface area contributed by atoms with E-state index in [-0.39, 0.29) is 5.91 Å². The van der Waals surface area contributed by atoms with E-state index in [9.17, 15) is 4.79 Å². The summed E-state index contributed by atoms with van der Waals surface area (Å²) < 4.78 is 5.17. The number of carbonyl (C=O) groups excluding carboxylic acids is 1. The summed E-state index contributed by atoms with van der Waals surface area (Å²) in [6.07, 6.45) is 1.81. The Morgan fingerprint density at radius 2 is 2.25 bits per heavy atom. The first-order valence-electron chi connectivity index (χ1n) is 7.27. The molecule has 7 heteroatoms. The molecular weight excluding hydrogens is 364 g/mol. The van der Waals surface area contributed by atoms with Gasteiger partial charge in [-0.2, -0.15) is 11.3 Å². The molecule has 3 rings (SSSR count). The molecule has 0 N–H and O–H groups in total. The van der Waals surface area contributed by atoms with Crippen LogP contribution in [0.15, 0.2) is 45.7 Å². The van der Waals surface area contributed by atoms with Crippen molar-refractivity contribution >= 4 is 57.5 Å². The number of carbonyl (C=O) groups is 1. The average molecular weight is 379 g/mol. The predicted octanol–water partition coefficient (Wildman–Crippen LogP) is 4.91. The molecule has 124 valence electrons. The Balaban J connectivity index is 1.99. The highest BCUT2D eigenvalue weighted by molar-refractivity contribution is 8.14. The molecule has 1 aliphatic heterocycles. The summed E-state index contributed by atoms with van der Waals surface area (Å²) in [5, 5.41) is 5.07. The Morgan fingerprint density at radius 1 is 1.42 bits per heavy atom. The van der Waals surface area contributed by atoms with Crippen LogP contribution in [0.25, 0.3) is 6.08 Å². The van der Waals surface area contributed by atoms with Crippen molar-refractivity contribution in [2.24, 2.45) is 4.99 Å². The molecule has 0 spiro atoms.